The molecule has 1 N–H and O–H groups in total. The van der Waals surface area contributed by atoms with Crippen molar-refractivity contribution in [2.24, 2.45) is 0 Å². The van der Waals surface area contributed by atoms with E-state index in [1.54, 1.807) is 0 Å². The van der Waals surface area contributed by atoms with E-state index >= 15 is 0 Å². The van der Waals surface area contributed by atoms with Crippen molar-refractivity contribution in [3.8, 4) is 0 Å². The van der Waals surface area contributed by atoms with Crippen LogP contribution < -0.4 is 5.32 Å². The summed E-state index contributed by atoms with van der Waals surface area (Å²) in [6.07, 6.45) is 5.30. The molecule has 1 saturated carbocycles. The first-order chi connectivity index (χ1) is 9.14. The minimum atomic E-state index is 0.234. The van der Waals surface area contributed by atoms with Gasteiger partial charge < -0.3 is 5.32 Å². The molecule has 0 aromatic heterocycles. The van der Waals surface area contributed by atoms with E-state index in [-0.39, 0.29) is 5.54 Å². The Bertz CT molecular complexity index is 660. The van der Waals surface area contributed by atoms with E-state index in [1.807, 2.05) is 0 Å². The number of nitrogens with one attached hydrogen (secondary N) is 1. The fourth-order valence-corrected chi connectivity index (χ4v) is 4.28. The van der Waals surface area contributed by atoms with Crippen LogP contribution in [0.5, 0.6) is 0 Å². The largest absolute Gasteiger partial charge is 0.378 e. The molecule has 4 rings (SSSR count). The summed E-state index contributed by atoms with van der Waals surface area (Å²) in [5, 5.41) is 6.63. The van der Waals surface area contributed by atoms with Crippen LogP contribution >= 0.6 is 0 Å². The van der Waals surface area contributed by atoms with E-state index in [0.717, 1.165) is 0 Å². The molecule has 1 fully saturated rings. The molecule has 1 heteroatoms. The Morgan fingerprint density at radius 1 is 0.947 bits per heavy atom. The molecular formula is C18H21N. The summed E-state index contributed by atoms with van der Waals surface area (Å²) in [5.41, 5.74) is 3.46. The molecule has 1 aliphatic heterocycles. The molecule has 1 heterocycles. The topological polar surface area (TPSA) is 12.0 Å². The average Bonchev–Trinajstić information content (AvgIpc) is 2.67. The highest BCUT2D eigenvalue weighted by Gasteiger charge is 2.53. The summed E-state index contributed by atoms with van der Waals surface area (Å²) in [6, 6.07) is 13.4. The molecule has 0 amide bonds. The zero-order chi connectivity index (χ0) is 13.1. The number of rotatable bonds is 0. The van der Waals surface area contributed by atoms with Crippen LogP contribution in [0.4, 0.5) is 5.69 Å². The van der Waals surface area contributed by atoms with Crippen LogP contribution in [0.3, 0.4) is 0 Å². The van der Waals surface area contributed by atoms with Crippen LogP contribution in [0.25, 0.3) is 10.8 Å². The van der Waals surface area contributed by atoms with Crippen molar-refractivity contribution >= 4 is 16.5 Å². The Labute approximate surface area is 115 Å². The minimum absolute atomic E-state index is 0.234. The molecule has 2 aromatic carbocycles. The number of benzene rings is 2. The third-order valence-electron chi connectivity index (χ3n) is 5.75. The molecule has 0 radical (unpaired) electrons. The lowest BCUT2D eigenvalue weighted by molar-refractivity contribution is 0.214. The highest BCUT2D eigenvalue weighted by Crippen LogP contribution is 2.56. The summed E-state index contributed by atoms with van der Waals surface area (Å²) in [6.45, 7) is 4.88. The van der Waals surface area contributed by atoms with Crippen molar-refractivity contribution in [3.63, 3.8) is 0 Å². The van der Waals surface area contributed by atoms with Gasteiger partial charge >= 0.3 is 0 Å². The Morgan fingerprint density at radius 3 is 2.63 bits per heavy atom. The Kier molecular flexibility index (Phi) is 2.11. The molecule has 2 atom stereocenters. The van der Waals surface area contributed by atoms with Crippen molar-refractivity contribution < 1.29 is 0 Å². The molecule has 0 saturated heterocycles. The lowest BCUT2D eigenvalue weighted by Gasteiger charge is -2.45. The average molecular weight is 251 g/mol. The highest BCUT2D eigenvalue weighted by atomic mass is 15.0. The lowest BCUT2D eigenvalue weighted by Crippen LogP contribution is -2.50. The van der Waals surface area contributed by atoms with Crippen LogP contribution in [0.1, 0.15) is 45.1 Å². The van der Waals surface area contributed by atoms with Gasteiger partial charge in [-0.2, -0.15) is 0 Å². The second-order valence-corrected chi connectivity index (χ2v) is 6.71. The second-order valence-electron chi connectivity index (χ2n) is 6.71. The van der Waals surface area contributed by atoms with Crippen molar-refractivity contribution in [2.75, 3.05) is 5.32 Å². The first kappa shape index (κ1) is 11.3. The summed E-state index contributed by atoms with van der Waals surface area (Å²) < 4.78 is 0. The zero-order valence-corrected chi connectivity index (χ0v) is 11.8. The van der Waals surface area contributed by atoms with Crippen molar-refractivity contribution in [1.82, 2.24) is 0 Å². The van der Waals surface area contributed by atoms with Gasteiger partial charge in [-0.25, -0.2) is 0 Å². The van der Waals surface area contributed by atoms with E-state index in [1.165, 1.54) is 47.7 Å². The van der Waals surface area contributed by atoms with Gasteiger partial charge in [-0.1, -0.05) is 56.2 Å². The molecular weight excluding hydrogens is 230 g/mol. The molecule has 0 spiro atoms. The third-order valence-corrected chi connectivity index (χ3v) is 5.75. The zero-order valence-electron chi connectivity index (χ0n) is 11.8. The van der Waals surface area contributed by atoms with Gasteiger partial charge in [0.2, 0.25) is 0 Å². The van der Waals surface area contributed by atoms with Gasteiger partial charge in [-0.15, -0.1) is 0 Å². The Hall–Kier alpha value is -1.50. The SMILES string of the molecule is CC12CCCCC1(C)c1ccc3ccccc3c1N2. The summed E-state index contributed by atoms with van der Waals surface area (Å²) >= 11 is 0. The predicted molar refractivity (Wildman–Crippen MR) is 81.8 cm³/mol. The van der Waals surface area contributed by atoms with Crippen LogP contribution in [-0.4, -0.2) is 5.54 Å². The molecule has 1 nitrogen and oxygen atoms in total. The van der Waals surface area contributed by atoms with Gasteiger partial charge in [0.15, 0.2) is 0 Å². The third kappa shape index (κ3) is 1.31. The van der Waals surface area contributed by atoms with Gasteiger partial charge in [-0.05, 0) is 30.7 Å². The van der Waals surface area contributed by atoms with Crippen LogP contribution in [-0.2, 0) is 5.41 Å². The summed E-state index contributed by atoms with van der Waals surface area (Å²) in [5.74, 6) is 0. The van der Waals surface area contributed by atoms with Gasteiger partial charge in [0, 0.05) is 22.0 Å². The molecule has 2 aliphatic rings. The van der Waals surface area contributed by atoms with Gasteiger partial charge in [0.05, 0.1) is 0 Å². The van der Waals surface area contributed by atoms with Gasteiger partial charge in [-0.3, -0.25) is 0 Å². The number of hydrogen-bond acceptors (Lipinski definition) is 1. The maximum absolute atomic E-state index is 3.90. The van der Waals surface area contributed by atoms with Gasteiger partial charge in [0.25, 0.3) is 0 Å². The first-order valence-corrected chi connectivity index (χ1v) is 7.45. The highest BCUT2D eigenvalue weighted by molar-refractivity contribution is 5.97. The molecule has 0 bridgehead atoms. The fourth-order valence-electron chi connectivity index (χ4n) is 4.28. The molecule has 19 heavy (non-hydrogen) atoms. The van der Waals surface area contributed by atoms with Crippen LogP contribution in [0.15, 0.2) is 36.4 Å². The van der Waals surface area contributed by atoms with Crippen molar-refractivity contribution in [3.05, 3.63) is 42.0 Å². The predicted octanol–water partition coefficient (Wildman–Crippen LogP) is 4.86. The quantitative estimate of drug-likeness (QED) is 0.705. The van der Waals surface area contributed by atoms with E-state index < -0.39 is 0 Å². The fraction of sp³-hybridized carbons (Fsp3) is 0.444. The maximum atomic E-state index is 3.90. The molecule has 2 unspecified atom stereocenters. The first-order valence-electron chi connectivity index (χ1n) is 7.45. The van der Waals surface area contributed by atoms with Crippen LogP contribution in [0, 0.1) is 0 Å². The normalized spacial score (nSPS) is 32.7. The summed E-state index contributed by atoms with van der Waals surface area (Å²) in [7, 11) is 0. The van der Waals surface area contributed by atoms with E-state index in [2.05, 4.69) is 55.6 Å². The van der Waals surface area contributed by atoms with Crippen LogP contribution in [0.2, 0.25) is 0 Å². The summed E-state index contributed by atoms with van der Waals surface area (Å²) in [4.78, 5) is 0. The monoisotopic (exact) mass is 251 g/mol. The van der Waals surface area contributed by atoms with Crippen molar-refractivity contribution in [1.29, 1.82) is 0 Å². The second kappa shape index (κ2) is 3.53. The lowest BCUT2D eigenvalue weighted by atomic mass is 9.62. The maximum Gasteiger partial charge on any atom is 0.0463 e. The molecule has 2 aromatic rings. The molecule has 1 aliphatic carbocycles. The Morgan fingerprint density at radius 2 is 1.74 bits per heavy atom. The van der Waals surface area contributed by atoms with E-state index in [9.17, 15) is 0 Å². The number of anilines is 1. The number of fused-ring (bicyclic) bond motifs is 5. The number of hydrogen-bond donors (Lipinski definition) is 1. The minimum Gasteiger partial charge on any atom is -0.378 e. The smallest absolute Gasteiger partial charge is 0.0463 e. The van der Waals surface area contributed by atoms with Gasteiger partial charge in [0.1, 0.15) is 0 Å². The standard InChI is InChI=1S/C18H21N/c1-17-11-5-6-12-18(17,2)19-16-14-8-4-3-7-13(14)9-10-15(16)17/h3-4,7-10,19H,5-6,11-12H2,1-2H3. The Balaban J connectivity index is 2.02. The van der Waals surface area contributed by atoms with E-state index in [0.29, 0.717) is 5.41 Å². The van der Waals surface area contributed by atoms with Crippen molar-refractivity contribution in [2.45, 2.75) is 50.5 Å². The van der Waals surface area contributed by atoms with E-state index in [4.69, 9.17) is 0 Å². The molecule has 98 valence electrons.